The van der Waals surface area contributed by atoms with Crippen LogP contribution in [0.3, 0.4) is 0 Å². The smallest absolute Gasteiger partial charge is 0.265 e. The summed E-state index contributed by atoms with van der Waals surface area (Å²) >= 11 is 0. The molecule has 2 aromatic rings. The molecule has 0 atom stereocenters. The van der Waals surface area contributed by atoms with Crippen LogP contribution in [0.2, 0.25) is 0 Å². The van der Waals surface area contributed by atoms with Crippen molar-refractivity contribution in [1.82, 2.24) is 4.98 Å². The van der Waals surface area contributed by atoms with Crippen LogP contribution >= 0.6 is 0 Å². The van der Waals surface area contributed by atoms with Gasteiger partial charge in [0, 0.05) is 17.0 Å². The molecule has 106 valence electrons. The molecule has 0 spiro atoms. The number of anilines is 1. The lowest BCUT2D eigenvalue weighted by Gasteiger charge is -2.06. The highest BCUT2D eigenvalue weighted by molar-refractivity contribution is 6.40. The molecule has 0 fully saturated rings. The summed E-state index contributed by atoms with van der Waals surface area (Å²) < 4.78 is 13.5. The van der Waals surface area contributed by atoms with Crippen molar-refractivity contribution < 1.29 is 14.0 Å². The number of nitrogens with zero attached hydrogens (tertiary/aromatic N) is 1. The van der Waals surface area contributed by atoms with Gasteiger partial charge in [-0.15, -0.1) is 0 Å². The number of hydrogen-bond acceptors (Lipinski definition) is 2. The zero-order chi connectivity index (χ0) is 15.1. The van der Waals surface area contributed by atoms with Crippen LogP contribution in [0, 0.1) is 19.7 Å². The predicted molar refractivity (Wildman–Crippen MR) is 78.1 cm³/mol. The second-order valence-corrected chi connectivity index (χ2v) is 5.05. The van der Waals surface area contributed by atoms with Crippen molar-refractivity contribution in [2.24, 2.45) is 0 Å². The zero-order valence-corrected chi connectivity index (χ0v) is 11.6. The first-order chi connectivity index (χ1) is 10.0. The molecule has 4 nitrogen and oxygen atoms in total. The van der Waals surface area contributed by atoms with Crippen molar-refractivity contribution in [1.29, 1.82) is 0 Å². The topological polar surface area (TPSA) is 53.2 Å². The van der Waals surface area contributed by atoms with Gasteiger partial charge in [0.2, 0.25) is 6.41 Å². The summed E-state index contributed by atoms with van der Waals surface area (Å²) in [5.41, 5.74) is 3.87. The van der Waals surface area contributed by atoms with Gasteiger partial charge in [0.25, 0.3) is 5.91 Å². The van der Waals surface area contributed by atoms with Gasteiger partial charge in [-0.05, 0) is 49.8 Å². The molecular formula is C16H13FN2O2. The van der Waals surface area contributed by atoms with E-state index in [0.717, 1.165) is 21.9 Å². The SMILES string of the molecule is Cc1cc(C)c(/C=C2\C(=O)N(C=O)c3ccc(F)cc32)[nH]1. The Bertz CT molecular complexity index is 790. The van der Waals surface area contributed by atoms with E-state index in [1.165, 1.54) is 18.2 Å². The Balaban J connectivity index is 2.20. The Kier molecular flexibility index (Phi) is 2.97. The number of nitrogens with one attached hydrogen (secondary N) is 1. The van der Waals surface area contributed by atoms with Crippen molar-refractivity contribution in [2.75, 3.05) is 4.90 Å². The minimum absolute atomic E-state index is 0.307. The molecule has 0 bridgehead atoms. The zero-order valence-electron chi connectivity index (χ0n) is 11.6. The van der Waals surface area contributed by atoms with Crippen LogP contribution in [-0.4, -0.2) is 17.3 Å². The number of amides is 2. The van der Waals surface area contributed by atoms with Gasteiger partial charge in [0.1, 0.15) is 5.82 Å². The van der Waals surface area contributed by atoms with Crippen LogP contribution in [0.15, 0.2) is 24.3 Å². The normalized spacial score (nSPS) is 15.7. The monoisotopic (exact) mass is 284 g/mol. The van der Waals surface area contributed by atoms with E-state index in [4.69, 9.17) is 0 Å². The van der Waals surface area contributed by atoms with Crippen molar-refractivity contribution in [3.05, 3.63) is 52.6 Å². The molecule has 2 heterocycles. The molecule has 1 aromatic carbocycles. The van der Waals surface area contributed by atoms with Crippen molar-refractivity contribution in [3.63, 3.8) is 0 Å². The summed E-state index contributed by atoms with van der Waals surface area (Å²) in [6.07, 6.45) is 2.11. The molecule has 1 N–H and O–H groups in total. The number of aromatic nitrogens is 1. The third-order valence-electron chi connectivity index (χ3n) is 3.54. The van der Waals surface area contributed by atoms with Crippen LogP contribution in [-0.2, 0) is 9.59 Å². The number of hydrogen-bond donors (Lipinski definition) is 1. The fraction of sp³-hybridized carbons (Fsp3) is 0.125. The van der Waals surface area contributed by atoms with E-state index in [1.807, 2.05) is 19.9 Å². The quantitative estimate of drug-likeness (QED) is 0.681. The number of halogens is 1. The molecule has 1 aliphatic rings. The number of imide groups is 1. The average Bonchev–Trinajstić information content (AvgIpc) is 2.88. The fourth-order valence-electron chi connectivity index (χ4n) is 2.58. The van der Waals surface area contributed by atoms with E-state index in [1.54, 1.807) is 6.08 Å². The number of fused-ring (bicyclic) bond motifs is 1. The number of carbonyl (C=O) groups is 2. The van der Waals surface area contributed by atoms with E-state index in [9.17, 15) is 14.0 Å². The van der Waals surface area contributed by atoms with E-state index >= 15 is 0 Å². The highest BCUT2D eigenvalue weighted by Gasteiger charge is 2.32. The Morgan fingerprint density at radius 1 is 1.24 bits per heavy atom. The summed E-state index contributed by atoms with van der Waals surface area (Å²) in [5.74, 6) is -0.892. The molecule has 0 saturated heterocycles. The molecule has 21 heavy (non-hydrogen) atoms. The number of aromatic amines is 1. The van der Waals surface area contributed by atoms with Gasteiger partial charge in [-0.1, -0.05) is 0 Å². The number of H-pyrrole nitrogens is 1. The number of benzene rings is 1. The Morgan fingerprint density at radius 2 is 2.00 bits per heavy atom. The lowest BCUT2D eigenvalue weighted by molar-refractivity contribution is -0.117. The molecule has 0 aliphatic carbocycles. The predicted octanol–water partition coefficient (Wildman–Crippen LogP) is 2.81. The van der Waals surface area contributed by atoms with E-state index in [0.29, 0.717) is 23.2 Å². The highest BCUT2D eigenvalue weighted by Crippen LogP contribution is 2.37. The summed E-state index contributed by atoms with van der Waals surface area (Å²) in [5, 5.41) is 0. The number of aryl methyl sites for hydroxylation is 2. The lowest BCUT2D eigenvalue weighted by Crippen LogP contribution is -2.24. The van der Waals surface area contributed by atoms with Gasteiger partial charge in [-0.25, -0.2) is 9.29 Å². The lowest BCUT2D eigenvalue weighted by atomic mass is 10.1. The van der Waals surface area contributed by atoms with Gasteiger partial charge >= 0.3 is 0 Å². The first-order valence-electron chi connectivity index (χ1n) is 6.48. The van der Waals surface area contributed by atoms with Gasteiger partial charge in [0.15, 0.2) is 0 Å². The van der Waals surface area contributed by atoms with Crippen LogP contribution in [0.4, 0.5) is 10.1 Å². The van der Waals surface area contributed by atoms with Gasteiger partial charge in [-0.3, -0.25) is 9.59 Å². The third kappa shape index (κ3) is 2.07. The minimum Gasteiger partial charge on any atom is -0.359 e. The largest absolute Gasteiger partial charge is 0.359 e. The second kappa shape index (κ2) is 4.70. The van der Waals surface area contributed by atoms with E-state index in [2.05, 4.69) is 4.98 Å². The summed E-state index contributed by atoms with van der Waals surface area (Å²) in [6, 6.07) is 5.89. The van der Waals surface area contributed by atoms with E-state index in [-0.39, 0.29) is 0 Å². The molecule has 0 unspecified atom stereocenters. The molecule has 5 heteroatoms. The summed E-state index contributed by atoms with van der Waals surface area (Å²) in [4.78, 5) is 27.6. The van der Waals surface area contributed by atoms with Gasteiger partial charge in [0.05, 0.1) is 11.3 Å². The minimum atomic E-state index is -0.447. The molecule has 1 aliphatic heterocycles. The van der Waals surface area contributed by atoms with Crippen molar-refractivity contribution in [3.8, 4) is 0 Å². The second-order valence-electron chi connectivity index (χ2n) is 5.05. The van der Waals surface area contributed by atoms with Crippen LogP contribution in [0.1, 0.15) is 22.5 Å². The van der Waals surface area contributed by atoms with Crippen LogP contribution in [0.25, 0.3) is 11.6 Å². The first kappa shape index (κ1) is 13.3. The number of rotatable bonds is 2. The Morgan fingerprint density at radius 3 is 2.62 bits per heavy atom. The Labute approximate surface area is 120 Å². The molecule has 0 saturated carbocycles. The van der Waals surface area contributed by atoms with E-state index < -0.39 is 11.7 Å². The maximum Gasteiger partial charge on any atom is 0.265 e. The average molecular weight is 284 g/mol. The maximum atomic E-state index is 13.5. The molecule has 1 aromatic heterocycles. The first-order valence-corrected chi connectivity index (χ1v) is 6.48. The molecular weight excluding hydrogens is 271 g/mol. The van der Waals surface area contributed by atoms with Crippen molar-refractivity contribution >= 4 is 29.7 Å². The van der Waals surface area contributed by atoms with Crippen LogP contribution < -0.4 is 4.90 Å². The standard InChI is InChI=1S/C16H13FN2O2/c1-9-5-10(2)18-14(9)7-13-12-6-11(17)3-4-15(12)19(8-20)16(13)21/h3-8,18H,1-2H3/b13-7-. The number of carbonyl (C=O) groups excluding carboxylic acids is 2. The van der Waals surface area contributed by atoms with Crippen LogP contribution in [0.5, 0.6) is 0 Å². The van der Waals surface area contributed by atoms with Gasteiger partial charge < -0.3 is 4.98 Å². The molecule has 2 amide bonds. The maximum absolute atomic E-state index is 13.5. The van der Waals surface area contributed by atoms with Crippen molar-refractivity contribution in [2.45, 2.75) is 13.8 Å². The fourth-order valence-corrected chi connectivity index (χ4v) is 2.58. The molecule has 0 radical (unpaired) electrons. The summed E-state index contributed by atoms with van der Waals surface area (Å²) in [7, 11) is 0. The molecule has 3 rings (SSSR count). The van der Waals surface area contributed by atoms with Gasteiger partial charge in [-0.2, -0.15) is 0 Å². The summed E-state index contributed by atoms with van der Waals surface area (Å²) in [6.45, 7) is 3.83. The Hall–Kier alpha value is -2.69. The third-order valence-corrected chi connectivity index (χ3v) is 3.54. The highest BCUT2D eigenvalue weighted by atomic mass is 19.1.